The fourth-order valence-corrected chi connectivity index (χ4v) is 2.87. The van der Waals surface area contributed by atoms with Crippen molar-refractivity contribution in [2.45, 2.75) is 20.0 Å². The summed E-state index contributed by atoms with van der Waals surface area (Å²) in [5.41, 5.74) is 1.95. The van der Waals surface area contributed by atoms with E-state index < -0.39 is 11.6 Å². The first-order valence-corrected chi connectivity index (χ1v) is 9.02. The highest BCUT2D eigenvalue weighted by molar-refractivity contribution is 5.98. The van der Waals surface area contributed by atoms with Gasteiger partial charge in [-0.2, -0.15) is 5.26 Å². The first kappa shape index (κ1) is 19.9. The number of nitriles is 1. The third-order valence-corrected chi connectivity index (χ3v) is 4.41. The molecule has 0 bridgehead atoms. The molecule has 6 nitrogen and oxygen atoms in total. The number of ether oxygens (including phenoxy) is 2. The number of nitrogens with zero attached hydrogens (tertiary/aromatic N) is 1. The first-order valence-electron chi connectivity index (χ1n) is 9.02. The van der Waals surface area contributed by atoms with Crippen molar-refractivity contribution in [1.82, 2.24) is 0 Å². The molecule has 0 fully saturated rings. The van der Waals surface area contributed by atoms with E-state index in [0.29, 0.717) is 27.8 Å². The highest BCUT2D eigenvalue weighted by Gasteiger charge is 2.14. The Morgan fingerprint density at radius 1 is 1.21 bits per heavy atom. The quantitative estimate of drug-likeness (QED) is 0.274. The van der Waals surface area contributed by atoms with Crippen LogP contribution in [0.2, 0.25) is 0 Å². The van der Waals surface area contributed by atoms with Gasteiger partial charge in [0.25, 0.3) is 0 Å². The van der Waals surface area contributed by atoms with Crippen LogP contribution in [0.5, 0.6) is 5.75 Å². The fourth-order valence-electron chi connectivity index (χ4n) is 2.87. The van der Waals surface area contributed by atoms with Crippen LogP contribution >= 0.6 is 0 Å². The van der Waals surface area contributed by atoms with Crippen molar-refractivity contribution >= 4 is 23.0 Å². The van der Waals surface area contributed by atoms with Gasteiger partial charge in [0.15, 0.2) is 0 Å². The van der Waals surface area contributed by atoms with Gasteiger partial charge in [-0.25, -0.2) is 9.59 Å². The van der Waals surface area contributed by atoms with Gasteiger partial charge in [0.05, 0.1) is 7.11 Å². The SMILES string of the molecule is CCc1ccc2c(COC(=O)/C(C#N)=C/c3cccc(OC)c3)cc(=O)oc2c1. The highest BCUT2D eigenvalue weighted by Crippen LogP contribution is 2.21. The van der Waals surface area contributed by atoms with Crippen molar-refractivity contribution in [2.24, 2.45) is 0 Å². The molecule has 0 radical (unpaired) electrons. The molecule has 0 aliphatic rings. The predicted octanol–water partition coefficient (Wildman–Crippen LogP) is 4.01. The molecule has 0 spiro atoms. The molecule has 1 aromatic heterocycles. The summed E-state index contributed by atoms with van der Waals surface area (Å²) in [5, 5.41) is 10.0. The van der Waals surface area contributed by atoms with Gasteiger partial charge >= 0.3 is 11.6 Å². The minimum Gasteiger partial charge on any atom is -0.497 e. The number of aryl methyl sites for hydroxylation is 1. The first-order chi connectivity index (χ1) is 14.0. The van der Waals surface area contributed by atoms with Crippen molar-refractivity contribution in [3.05, 3.63) is 81.2 Å². The summed E-state index contributed by atoms with van der Waals surface area (Å²) in [7, 11) is 1.53. The number of carbonyl (C=O) groups is 1. The summed E-state index contributed by atoms with van der Waals surface area (Å²) in [5.74, 6) is -0.166. The van der Waals surface area contributed by atoms with Crippen LogP contribution < -0.4 is 10.4 Å². The van der Waals surface area contributed by atoms with Gasteiger partial charge in [0.2, 0.25) is 0 Å². The van der Waals surface area contributed by atoms with Crippen LogP contribution in [0.15, 0.2) is 63.3 Å². The molecule has 3 aromatic rings. The van der Waals surface area contributed by atoms with Crippen molar-refractivity contribution in [2.75, 3.05) is 7.11 Å². The van der Waals surface area contributed by atoms with Gasteiger partial charge in [-0.3, -0.25) is 0 Å². The second-order valence-electron chi connectivity index (χ2n) is 6.30. The van der Waals surface area contributed by atoms with Gasteiger partial charge in [-0.15, -0.1) is 0 Å². The van der Waals surface area contributed by atoms with Crippen LogP contribution in [0.25, 0.3) is 17.0 Å². The maximum absolute atomic E-state index is 12.4. The Bertz CT molecular complexity index is 1180. The smallest absolute Gasteiger partial charge is 0.349 e. The monoisotopic (exact) mass is 389 g/mol. The summed E-state index contributed by atoms with van der Waals surface area (Å²) in [6.07, 6.45) is 2.23. The van der Waals surface area contributed by atoms with E-state index in [-0.39, 0.29) is 12.2 Å². The molecule has 0 amide bonds. The van der Waals surface area contributed by atoms with E-state index in [2.05, 4.69) is 0 Å². The Morgan fingerprint density at radius 3 is 2.76 bits per heavy atom. The van der Waals surface area contributed by atoms with Gasteiger partial charge < -0.3 is 13.9 Å². The summed E-state index contributed by atoms with van der Waals surface area (Å²) in [6, 6.07) is 15.7. The van der Waals surface area contributed by atoms with E-state index in [1.807, 2.05) is 25.1 Å². The lowest BCUT2D eigenvalue weighted by atomic mass is 10.1. The fraction of sp³-hybridized carbons (Fsp3) is 0.174. The zero-order valence-corrected chi connectivity index (χ0v) is 16.1. The Kier molecular flexibility index (Phi) is 6.10. The molecule has 29 heavy (non-hydrogen) atoms. The largest absolute Gasteiger partial charge is 0.497 e. The molecular weight excluding hydrogens is 370 g/mol. The van der Waals surface area contributed by atoms with Crippen LogP contribution in [0.3, 0.4) is 0 Å². The molecule has 2 aromatic carbocycles. The summed E-state index contributed by atoms with van der Waals surface area (Å²) < 4.78 is 15.7. The van der Waals surface area contributed by atoms with Gasteiger partial charge in [0.1, 0.15) is 29.6 Å². The zero-order chi connectivity index (χ0) is 20.8. The second-order valence-corrected chi connectivity index (χ2v) is 6.30. The molecule has 0 saturated carbocycles. The second kappa shape index (κ2) is 8.89. The Labute approximate surface area is 167 Å². The van der Waals surface area contributed by atoms with Crippen molar-refractivity contribution in [1.29, 1.82) is 5.26 Å². The third kappa shape index (κ3) is 4.71. The van der Waals surface area contributed by atoms with Crippen molar-refractivity contribution in [3.8, 4) is 11.8 Å². The van der Waals surface area contributed by atoms with Gasteiger partial charge in [-0.05, 0) is 41.8 Å². The van der Waals surface area contributed by atoms with Crippen LogP contribution in [0, 0.1) is 11.3 Å². The highest BCUT2D eigenvalue weighted by atomic mass is 16.5. The Balaban J connectivity index is 1.83. The number of hydrogen-bond acceptors (Lipinski definition) is 6. The molecule has 0 aliphatic carbocycles. The third-order valence-electron chi connectivity index (χ3n) is 4.41. The topological polar surface area (TPSA) is 89.5 Å². The standard InChI is InChI=1S/C23H19NO5/c1-3-15-7-8-20-18(12-22(25)29-21(20)11-15)14-28-23(26)17(13-24)9-16-5-4-6-19(10-16)27-2/h4-12H,3,14H2,1-2H3/b17-9+. The normalized spacial score (nSPS) is 11.1. The Morgan fingerprint density at radius 2 is 2.03 bits per heavy atom. The lowest BCUT2D eigenvalue weighted by Gasteiger charge is -2.08. The van der Waals surface area contributed by atoms with E-state index in [9.17, 15) is 14.9 Å². The number of carbonyl (C=O) groups excluding carboxylic acids is 1. The molecular formula is C23H19NO5. The van der Waals surface area contributed by atoms with Crippen LogP contribution in [-0.4, -0.2) is 13.1 Å². The molecule has 0 atom stereocenters. The summed E-state index contributed by atoms with van der Waals surface area (Å²) in [6.45, 7) is 1.85. The number of methoxy groups -OCH3 is 1. The van der Waals surface area contributed by atoms with E-state index in [0.717, 1.165) is 12.0 Å². The van der Waals surface area contributed by atoms with Gasteiger partial charge in [0, 0.05) is 17.0 Å². The summed E-state index contributed by atoms with van der Waals surface area (Å²) >= 11 is 0. The lowest BCUT2D eigenvalue weighted by molar-refractivity contribution is -0.139. The minimum absolute atomic E-state index is 0.149. The number of esters is 1. The summed E-state index contributed by atoms with van der Waals surface area (Å²) in [4.78, 5) is 24.2. The number of hydrogen-bond donors (Lipinski definition) is 0. The molecule has 0 aliphatic heterocycles. The van der Waals surface area contributed by atoms with Crippen LogP contribution in [0.1, 0.15) is 23.6 Å². The molecule has 6 heteroatoms. The number of rotatable bonds is 6. The molecule has 0 saturated heterocycles. The molecule has 1 heterocycles. The maximum atomic E-state index is 12.4. The number of fused-ring (bicyclic) bond motifs is 1. The zero-order valence-electron chi connectivity index (χ0n) is 16.1. The maximum Gasteiger partial charge on any atom is 0.349 e. The molecule has 3 rings (SSSR count). The molecule has 146 valence electrons. The van der Waals surface area contributed by atoms with Crippen molar-refractivity contribution in [3.63, 3.8) is 0 Å². The van der Waals surface area contributed by atoms with Crippen LogP contribution in [0.4, 0.5) is 0 Å². The average molecular weight is 389 g/mol. The molecule has 0 unspecified atom stereocenters. The number of benzene rings is 2. The van der Waals surface area contributed by atoms with E-state index in [4.69, 9.17) is 13.9 Å². The van der Waals surface area contributed by atoms with E-state index >= 15 is 0 Å². The lowest BCUT2D eigenvalue weighted by Crippen LogP contribution is -2.09. The van der Waals surface area contributed by atoms with E-state index in [1.165, 1.54) is 19.3 Å². The molecule has 0 N–H and O–H groups in total. The van der Waals surface area contributed by atoms with Crippen molar-refractivity contribution < 1.29 is 18.7 Å². The Hall–Kier alpha value is -3.85. The van der Waals surface area contributed by atoms with Crippen LogP contribution in [-0.2, 0) is 22.6 Å². The van der Waals surface area contributed by atoms with E-state index in [1.54, 1.807) is 30.3 Å². The predicted molar refractivity (Wildman–Crippen MR) is 108 cm³/mol. The minimum atomic E-state index is -0.776. The van der Waals surface area contributed by atoms with Gasteiger partial charge in [-0.1, -0.05) is 31.2 Å². The average Bonchev–Trinajstić information content (AvgIpc) is 2.75.